The van der Waals surface area contributed by atoms with Gasteiger partial charge < -0.3 is 0 Å². The first-order valence-corrected chi connectivity index (χ1v) is 0.939. The van der Waals surface area contributed by atoms with Gasteiger partial charge in [0.25, 0.3) is 0 Å². The van der Waals surface area contributed by atoms with Gasteiger partial charge in [0.2, 0.25) is 0 Å². The Balaban J connectivity index is 2.83. The van der Waals surface area contributed by atoms with Gasteiger partial charge in [0.05, 0.1) is 0 Å². The van der Waals surface area contributed by atoms with Crippen LogP contribution in [0.3, 0.4) is 0 Å². The Morgan fingerprint density at radius 1 is 1.75 bits per heavy atom. The smallest absolute Gasteiger partial charge is 0.105 e. The number of rotatable bonds is 0. The molecule has 0 aliphatic heterocycles. The molecule has 0 amide bonds. The SMILES string of the molecule is CC#CF. The van der Waals surface area contributed by atoms with Crippen LogP contribution in [0, 0.1) is 12.1 Å². The highest BCUT2D eigenvalue weighted by Crippen LogP contribution is 1.45. The van der Waals surface area contributed by atoms with E-state index < -0.39 is 0 Å². The van der Waals surface area contributed by atoms with E-state index in [0.29, 0.717) is 0 Å². The molecule has 4 heavy (non-hydrogen) atoms. The first-order valence-electron chi connectivity index (χ1n) is 0.939. The van der Waals surface area contributed by atoms with Crippen LogP contribution < -0.4 is 0 Å². The van der Waals surface area contributed by atoms with Gasteiger partial charge in [-0.3, -0.25) is 0 Å². The summed E-state index contributed by atoms with van der Waals surface area (Å²) >= 11 is 0. The molecule has 1 heteroatoms. The number of hydrogen-bond acceptors (Lipinski definition) is 0. The Hall–Kier alpha value is -0.510. The molecule has 0 aromatic heterocycles. The van der Waals surface area contributed by atoms with Crippen molar-refractivity contribution in [3.05, 3.63) is 0 Å². The molecule has 0 heterocycles. The van der Waals surface area contributed by atoms with Crippen LogP contribution in [0.25, 0.3) is 0 Å². The van der Waals surface area contributed by atoms with E-state index in [2.05, 4.69) is 0 Å². The average molecular weight is 58.1 g/mol. The van der Waals surface area contributed by atoms with Crippen LogP contribution in [0.15, 0.2) is 0 Å². The van der Waals surface area contributed by atoms with Crippen molar-refractivity contribution in [1.82, 2.24) is 0 Å². The van der Waals surface area contributed by atoms with Crippen molar-refractivity contribution in [3.63, 3.8) is 0 Å². The minimum Gasteiger partial charge on any atom is -0.144 e. The molecule has 0 aromatic carbocycles. The molecule has 0 spiro atoms. The predicted octanol–water partition coefficient (Wildman–Crippen LogP) is 0.937. The fourth-order valence-corrected chi connectivity index (χ4v) is 0. The molecule has 0 aliphatic rings. The van der Waals surface area contributed by atoms with Crippen molar-refractivity contribution < 1.29 is 4.39 Å². The van der Waals surface area contributed by atoms with Crippen LogP contribution in [-0.4, -0.2) is 0 Å². The van der Waals surface area contributed by atoms with Gasteiger partial charge in [-0.25, -0.2) is 0 Å². The van der Waals surface area contributed by atoms with Gasteiger partial charge in [-0.2, -0.15) is 0 Å². The van der Waals surface area contributed by atoms with Crippen LogP contribution in [-0.2, 0) is 0 Å². The lowest BCUT2D eigenvalue weighted by molar-refractivity contribution is 0.773. The Bertz CT molecular complexity index is 40.0. The van der Waals surface area contributed by atoms with Gasteiger partial charge in [-0.1, -0.05) is 5.92 Å². The summed E-state index contributed by atoms with van der Waals surface area (Å²) < 4.78 is 10.4. The quantitative estimate of drug-likeness (QED) is 0.363. The largest absolute Gasteiger partial charge is 0.144 e. The monoisotopic (exact) mass is 58.0 g/mol. The van der Waals surface area contributed by atoms with Crippen LogP contribution in [0.4, 0.5) is 4.39 Å². The van der Waals surface area contributed by atoms with Crippen LogP contribution in [0.2, 0.25) is 0 Å². The third kappa shape index (κ3) is 1.49. The topological polar surface area (TPSA) is 0 Å². The van der Waals surface area contributed by atoms with Crippen LogP contribution >= 0.6 is 0 Å². The second kappa shape index (κ2) is 2.49. The standard InChI is InChI=1S/C3H3F/c1-2-3-4/h1H3. The van der Waals surface area contributed by atoms with E-state index in [1.54, 1.807) is 0 Å². The summed E-state index contributed by atoms with van der Waals surface area (Å²) in [5.74, 6) is 2.01. The average Bonchev–Trinajstić information content (AvgIpc) is 1.37. The molecule has 0 atom stereocenters. The fourth-order valence-electron chi connectivity index (χ4n) is 0. The zero-order valence-corrected chi connectivity index (χ0v) is 2.38. The highest BCUT2D eigenvalue weighted by atomic mass is 19.1. The molecular formula is C3H3F. The molecule has 0 rings (SSSR count). The molecule has 0 saturated carbocycles. The van der Waals surface area contributed by atoms with Gasteiger partial charge in [0.15, 0.2) is 0 Å². The molecule has 0 fully saturated rings. The molecule has 0 radical (unpaired) electrons. The zero-order chi connectivity index (χ0) is 3.41. The van der Waals surface area contributed by atoms with E-state index >= 15 is 0 Å². The summed E-state index contributed by atoms with van der Waals surface area (Å²) in [6.45, 7) is 1.44. The zero-order valence-electron chi connectivity index (χ0n) is 2.38. The summed E-state index contributed by atoms with van der Waals surface area (Å²) in [7, 11) is 0. The fraction of sp³-hybridized carbons (Fsp3) is 0.333. The lowest BCUT2D eigenvalue weighted by atomic mass is 10.8. The van der Waals surface area contributed by atoms with Crippen molar-refractivity contribution in [2.45, 2.75) is 6.92 Å². The third-order valence-corrected chi connectivity index (χ3v) is 0.0945. The van der Waals surface area contributed by atoms with E-state index in [4.69, 9.17) is 0 Å². The van der Waals surface area contributed by atoms with Gasteiger partial charge in [-0.15, -0.1) is 4.39 Å². The second-order valence-electron chi connectivity index (χ2n) is 0.344. The maximum atomic E-state index is 10.4. The summed E-state index contributed by atoms with van der Waals surface area (Å²) in [5.41, 5.74) is 0. The molecular weight excluding hydrogens is 55.0 g/mol. The van der Waals surface area contributed by atoms with Gasteiger partial charge in [-0.05, 0) is 6.92 Å². The lowest BCUT2D eigenvalue weighted by Gasteiger charge is -1.35. The van der Waals surface area contributed by atoms with E-state index in [-0.39, 0.29) is 0 Å². The van der Waals surface area contributed by atoms with Crippen LogP contribution in [0.5, 0.6) is 0 Å². The first kappa shape index (κ1) is 3.49. The Labute approximate surface area is 24.6 Å². The maximum Gasteiger partial charge on any atom is 0.105 e. The Kier molecular flexibility index (Phi) is 2.17. The second-order valence-corrected chi connectivity index (χ2v) is 0.344. The molecule has 0 aliphatic carbocycles. The van der Waals surface area contributed by atoms with Gasteiger partial charge in [0.1, 0.15) is 6.17 Å². The summed E-state index contributed by atoms with van der Waals surface area (Å²) in [5, 5.41) is 0. The van der Waals surface area contributed by atoms with E-state index in [1.807, 2.05) is 5.92 Å². The van der Waals surface area contributed by atoms with Crippen molar-refractivity contribution >= 4 is 0 Å². The minimum atomic E-state index is 1.18. The Morgan fingerprint density at radius 3 is 2.00 bits per heavy atom. The number of hydrogen-bond donors (Lipinski definition) is 0. The molecule has 0 aromatic rings. The van der Waals surface area contributed by atoms with E-state index in [1.165, 1.54) is 13.1 Å². The normalized spacial score (nSPS) is 3.50. The van der Waals surface area contributed by atoms with Crippen molar-refractivity contribution in [2.24, 2.45) is 0 Å². The first-order chi connectivity index (χ1) is 1.91. The van der Waals surface area contributed by atoms with Crippen molar-refractivity contribution in [3.8, 4) is 12.1 Å². The predicted molar refractivity (Wildman–Crippen MR) is 14.6 cm³/mol. The van der Waals surface area contributed by atoms with Crippen molar-refractivity contribution in [2.75, 3.05) is 0 Å². The molecule has 0 N–H and O–H groups in total. The lowest BCUT2D eigenvalue weighted by Crippen LogP contribution is -1.24. The highest BCUT2D eigenvalue weighted by molar-refractivity contribution is 4.82. The van der Waals surface area contributed by atoms with Gasteiger partial charge in [0, 0.05) is 0 Å². The molecule has 0 saturated heterocycles. The highest BCUT2D eigenvalue weighted by Gasteiger charge is 1.32. The molecule has 0 nitrogen and oxygen atoms in total. The van der Waals surface area contributed by atoms with Crippen molar-refractivity contribution in [1.29, 1.82) is 0 Å². The van der Waals surface area contributed by atoms with E-state index in [0.717, 1.165) is 0 Å². The molecule has 0 bridgehead atoms. The molecule has 0 unspecified atom stereocenters. The minimum absolute atomic E-state index is 1.18. The van der Waals surface area contributed by atoms with E-state index in [9.17, 15) is 4.39 Å². The summed E-state index contributed by atoms with van der Waals surface area (Å²) in [4.78, 5) is 0. The van der Waals surface area contributed by atoms with Crippen LogP contribution in [0.1, 0.15) is 6.92 Å². The number of halogens is 1. The molecule has 22 valence electrons. The summed E-state index contributed by atoms with van der Waals surface area (Å²) in [6, 6.07) is 0. The third-order valence-electron chi connectivity index (χ3n) is 0.0945. The maximum absolute atomic E-state index is 10.4. The Morgan fingerprint density at radius 2 is 2.00 bits per heavy atom. The van der Waals surface area contributed by atoms with Gasteiger partial charge >= 0.3 is 0 Å². The summed E-state index contributed by atoms with van der Waals surface area (Å²) in [6.07, 6.45) is 1.18.